The molecule has 0 bridgehead atoms. The molecule has 0 fully saturated rings. The van der Waals surface area contributed by atoms with Crippen molar-refractivity contribution in [3.8, 4) is 6.07 Å². The van der Waals surface area contributed by atoms with Gasteiger partial charge in [-0.3, -0.25) is 0 Å². The van der Waals surface area contributed by atoms with Crippen LogP contribution in [-0.4, -0.2) is 18.6 Å². The van der Waals surface area contributed by atoms with Crippen LogP contribution in [0.15, 0.2) is 17.0 Å². The highest BCUT2D eigenvalue weighted by molar-refractivity contribution is 9.08. The molecule has 8 heteroatoms. The molecule has 0 heterocycles. The van der Waals surface area contributed by atoms with Crippen LogP contribution in [0.2, 0.25) is 0 Å². The molecular weight excluding hydrogens is 347 g/mol. The van der Waals surface area contributed by atoms with E-state index in [-0.39, 0.29) is 16.5 Å². The number of methoxy groups -OCH3 is 1. The predicted octanol–water partition coefficient (Wildman–Crippen LogP) is 3.85. The Morgan fingerprint density at radius 2 is 2.16 bits per heavy atom. The van der Waals surface area contributed by atoms with Crippen molar-refractivity contribution >= 4 is 33.7 Å². The van der Waals surface area contributed by atoms with E-state index in [1.807, 2.05) is 0 Å². The summed E-state index contributed by atoms with van der Waals surface area (Å²) in [5.41, 5.74) is -4.72. The molecule has 0 atom stereocenters. The molecule has 0 radical (unpaired) electrons. The van der Waals surface area contributed by atoms with E-state index >= 15 is 0 Å². The second-order valence-electron chi connectivity index (χ2n) is 3.26. The topological polar surface area (TPSA) is 50.1 Å². The highest BCUT2D eigenvalue weighted by Crippen LogP contribution is 2.41. The Hall–Kier alpha value is -1.20. The van der Waals surface area contributed by atoms with Gasteiger partial charge in [0.15, 0.2) is 0 Å². The number of hydrogen-bond donors (Lipinski definition) is 0. The molecule has 0 aliphatic carbocycles. The van der Waals surface area contributed by atoms with Gasteiger partial charge in [0.05, 0.1) is 18.2 Å². The summed E-state index contributed by atoms with van der Waals surface area (Å²) < 4.78 is 42.1. The van der Waals surface area contributed by atoms with Crippen LogP contribution in [0, 0.1) is 11.3 Å². The van der Waals surface area contributed by atoms with Crippen LogP contribution >= 0.6 is 27.7 Å². The van der Waals surface area contributed by atoms with Crippen LogP contribution < -0.4 is 0 Å². The van der Waals surface area contributed by atoms with Crippen molar-refractivity contribution in [2.45, 2.75) is 15.7 Å². The number of alkyl halides is 4. The van der Waals surface area contributed by atoms with Gasteiger partial charge in [0, 0.05) is 10.2 Å². The average Bonchev–Trinajstić information content (AvgIpc) is 2.35. The van der Waals surface area contributed by atoms with E-state index in [4.69, 9.17) is 5.26 Å². The third kappa shape index (κ3) is 3.88. The first-order chi connectivity index (χ1) is 8.84. The Kier molecular flexibility index (Phi) is 5.26. The molecular formula is C11H7BrF3NO2S. The van der Waals surface area contributed by atoms with Crippen molar-refractivity contribution in [3.63, 3.8) is 0 Å². The molecule has 0 aliphatic heterocycles. The van der Waals surface area contributed by atoms with Crippen molar-refractivity contribution < 1.29 is 22.7 Å². The van der Waals surface area contributed by atoms with Gasteiger partial charge in [0.25, 0.3) is 0 Å². The van der Waals surface area contributed by atoms with Crippen molar-refractivity contribution in [1.29, 1.82) is 5.26 Å². The number of nitrogens with zero attached hydrogens (tertiary/aromatic N) is 1. The second kappa shape index (κ2) is 6.30. The fraction of sp³-hybridized carbons (Fsp3) is 0.273. The minimum absolute atomic E-state index is 0.175. The van der Waals surface area contributed by atoms with Crippen molar-refractivity contribution in [2.24, 2.45) is 0 Å². The number of rotatable bonds is 3. The SMILES string of the molecule is COC(=O)c1c(CBr)ccc(C#N)c1SC(F)(F)F. The monoisotopic (exact) mass is 353 g/mol. The lowest BCUT2D eigenvalue weighted by Crippen LogP contribution is -2.11. The Balaban J connectivity index is 3.53. The maximum Gasteiger partial charge on any atom is 0.446 e. The zero-order valence-electron chi connectivity index (χ0n) is 9.55. The molecule has 0 N–H and O–H groups in total. The minimum atomic E-state index is -4.60. The zero-order valence-corrected chi connectivity index (χ0v) is 11.9. The predicted molar refractivity (Wildman–Crippen MR) is 67.0 cm³/mol. The average molecular weight is 354 g/mol. The summed E-state index contributed by atoms with van der Waals surface area (Å²) in [6.07, 6.45) is 0. The summed E-state index contributed by atoms with van der Waals surface area (Å²) in [6, 6.07) is 4.31. The maximum atomic E-state index is 12.5. The highest BCUT2D eigenvalue weighted by atomic mass is 79.9. The maximum absolute atomic E-state index is 12.5. The summed E-state index contributed by atoms with van der Waals surface area (Å²) in [4.78, 5) is 11.2. The standard InChI is InChI=1S/C11H7BrF3NO2S/c1-18-10(17)8-6(4-12)2-3-7(5-16)9(8)19-11(13,14)15/h2-3H,4H2,1H3. The van der Waals surface area contributed by atoms with Gasteiger partial charge < -0.3 is 4.74 Å². The summed E-state index contributed by atoms with van der Waals surface area (Å²) >= 11 is 2.59. The Labute approximate surface area is 119 Å². The number of benzene rings is 1. The van der Waals surface area contributed by atoms with Gasteiger partial charge in [0.1, 0.15) is 6.07 Å². The molecule has 0 aromatic heterocycles. The number of halogens is 4. The van der Waals surface area contributed by atoms with E-state index in [9.17, 15) is 18.0 Å². The van der Waals surface area contributed by atoms with Crippen molar-refractivity contribution in [1.82, 2.24) is 0 Å². The van der Waals surface area contributed by atoms with E-state index in [1.165, 1.54) is 12.1 Å². The molecule has 0 saturated carbocycles. The lowest BCUT2D eigenvalue weighted by Gasteiger charge is -2.14. The second-order valence-corrected chi connectivity index (χ2v) is 4.90. The lowest BCUT2D eigenvalue weighted by molar-refractivity contribution is -0.0328. The van der Waals surface area contributed by atoms with Crippen LogP contribution in [-0.2, 0) is 10.1 Å². The van der Waals surface area contributed by atoms with Gasteiger partial charge in [-0.15, -0.1) is 0 Å². The summed E-state index contributed by atoms with van der Waals surface area (Å²) in [6.45, 7) is 0. The number of ether oxygens (including phenoxy) is 1. The summed E-state index contributed by atoms with van der Waals surface area (Å²) in [5, 5.41) is 9.04. The lowest BCUT2D eigenvalue weighted by atomic mass is 10.1. The zero-order chi connectivity index (χ0) is 14.6. The number of carbonyl (C=O) groups excluding carboxylic acids is 1. The number of nitriles is 1. The van der Waals surface area contributed by atoms with Crippen LogP contribution in [0.5, 0.6) is 0 Å². The molecule has 19 heavy (non-hydrogen) atoms. The smallest absolute Gasteiger partial charge is 0.446 e. The van der Waals surface area contributed by atoms with Gasteiger partial charge in [-0.2, -0.15) is 18.4 Å². The molecule has 102 valence electrons. The fourth-order valence-corrected chi connectivity index (χ4v) is 2.61. The molecule has 3 nitrogen and oxygen atoms in total. The number of carbonyl (C=O) groups is 1. The summed E-state index contributed by atoms with van der Waals surface area (Å²) in [5.74, 6) is -0.904. The molecule has 1 rings (SSSR count). The van der Waals surface area contributed by atoms with E-state index in [1.54, 1.807) is 6.07 Å². The Morgan fingerprint density at radius 1 is 1.53 bits per heavy atom. The van der Waals surface area contributed by atoms with E-state index in [0.29, 0.717) is 5.56 Å². The number of esters is 1. The molecule has 0 spiro atoms. The quantitative estimate of drug-likeness (QED) is 0.470. The van der Waals surface area contributed by atoms with Gasteiger partial charge in [0.2, 0.25) is 0 Å². The van der Waals surface area contributed by atoms with Crippen LogP contribution in [0.1, 0.15) is 21.5 Å². The normalized spacial score (nSPS) is 10.9. The van der Waals surface area contributed by atoms with Gasteiger partial charge in [-0.05, 0) is 23.4 Å². The molecule has 1 aromatic rings. The number of hydrogen-bond acceptors (Lipinski definition) is 4. The van der Waals surface area contributed by atoms with Gasteiger partial charge in [-0.25, -0.2) is 4.79 Å². The van der Waals surface area contributed by atoms with Crippen molar-refractivity contribution in [2.75, 3.05) is 7.11 Å². The van der Waals surface area contributed by atoms with E-state index in [0.717, 1.165) is 7.11 Å². The molecule has 1 aromatic carbocycles. The van der Waals surface area contributed by atoms with Crippen LogP contribution in [0.3, 0.4) is 0 Å². The molecule has 0 aliphatic rings. The third-order valence-electron chi connectivity index (χ3n) is 2.12. The van der Waals surface area contributed by atoms with Crippen LogP contribution in [0.25, 0.3) is 0 Å². The van der Waals surface area contributed by atoms with E-state index < -0.39 is 28.1 Å². The first-order valence-electron chi connectivity index (χ1n) is 4.80. The Bertz CT molecular complexity index is 540. The first-order valence-corrected chi connectivity index (χ1v) is 6.73. The molecule has 0 unspecified atom stereocenters. The summed E-state index contributed by atoms with van der Waals surface area (Å²) in [7, 11) is 1.07. The van der Waals surface area contributed by atoms with Crippen LogP contribution in [0.4, 0.5) is 13.2 Å². The molecule has 0 amide bonds. The first kappa shape index (κ1) is 15.9. The van der Waals surface area contributed by atoms with Gasteiger partial charge >= 0.3 is 11.5 Å². The largest absolute Gasteiger partial charge is 0.465 e. The van der Waals surface area contributed by atoms with E-state index in [2.05, 4.69) is 20.7 Å². The fourth-order valence-electron chi connectivity index (χ4n) is 1.37. The highest BCUT2D eigenvalue weighted by Gasteiger charge is 2.34. The van der Waals surface area contributed by atoms with Gasteiger partial charge in [-0.1, -0.05) is 22.0 Å². The van der Waals surface area contributed by atoms with Crippen molar-refractivity contribution in [3.05, 3.63) is 28.8 Å². The molecule has 0 saturated heterocycles. The minimum Gasteiger partial charge on any atom is -0.465 e. The number of thioether (sulfide) groups is 1. The Morgan fingerprint density at radius 3 is 2.58 bits per heavy atom. The third-order valence-corrected chi connectivity index (χ3v) is 3.58.